The number of nitro benzene ring substituents is 1. The average Bonchev–Trinajstić information content (AvgIpc) is 2.40. The van der Waals surface area contributed by atoms with E-state index in [0.717, 1.165) is 0 Å². The number of benzene rings is 1. The van der Waals surface area contributed by atoms with E-state index in [4.69, 9.17) is 0 Å². The van der Waals surface area contributed by atoms with Crippen molar-refractivity contribution in [3.8, 4) is 0 Å². The van der Waals surface area contributed by atoms with E-state index in [1.807, 2.05) is 0 Å². The zero-order valence-corrected chi connectivity index (χ0v) is 9.45. The van der Waals surface area contributed by atoms with Gasteiger partial charge in [-0.1, -0.05) is 18.2 Å². The Morgan fingerprint density at radius 3 is 2.67 bits per heavy atom. The second-order valence-corrected chi connectivity index (χ2v) is 3.73. The van der Waals surface area contributed by atoms with E-state index < -0.39 is 4.92 Å². The van der Waals surface area contributed by atoms with Crippen LogP contribution in [0.3, 0.4) is 0 Å². The van der Waals surface area contributed by atoms with Gasteiger partial charge in [0.05, 0.1) is 4.92 Å². The highest BCUT2D eigenvalue weighted by atomic mass is 16.6. The maximum Gasteiger partial charge on any atom is 0.273 e. The second kappa shape index (κ2) is 5.18. The molecular formula is C13H10N2O3. The minimum Gasteiger partial charge on any atom is -0.294 e. The van der Waals surface area contributed by atoms with Crippen molar-refractivity contribution < 1.29 is 9.72 Å². The van der Waals surface area contributed by atoms with Crippen LogP contribution in [-0.4, -0.2) is 15.7 Å². The van der Waals surface area contributed by atoms with Gasteiger partial charge in [-0.25, -0.2) is 0 Å². The van der Waals surface area contributed by atoms with Gasteiger partial charge in [-0.05, 0) is 12.1 Å². The van der Waals surface area contributed by atoms with Crippen molar-refractivity contribution in [2.75, 3.05) is 0 Å². The highest BCUT2D eigenvalue weighted by molar-refractivity contribution is 5.97. The van der Waals surface area contributed by atoms with E-state index in [-0.39, 0.29) is 17.9 Å². The van der Waals surface area contributed by atoms with E-state index >= 15 is 0 Å². The molecule has 2 aromatic rings. The Bertz CT molecular complexity index is 582. The summed E-state index contributed by atoms with van der Waals surface area (Å²) in [5, 5.41) is 10.8. The Kier molecular flexibility index (Phi) is 3.43. The fourth-order valence-corrected chi connectivity index (χ4v) is 1.64. The number of pyridine rings is 1. The third kappa shape index (κ3) is 2.57. The van der Waals surface area contributed by atoms with Gasteiger partial charge in [0, 0.05) is 36.0 Å². The molecule has 90 valence electrons. The van der Waals surface area contributed by atoms with Crippen LogP contribution in [0.4, 0.5) is 5.69 Å². The first-order valence-corrected chi connectivity index (χ1v) is 5.34. The molecule has 0 radical (unpaired) electrons. The van der Waals surface area contributed by atoms with Gasteiger partial charge >= 0.3 is 0 Å². The van der Waals surface area contributed by atoms with Crippen LogP contribution in [0.15, 0.2) is 48.8 Å². The number of carbonyl (C=O) groups excluding carboxylic acids is 1. The first-order valence-electron chi connectivity index (χ1n) is 5.34. The molecule has 0 saturated carbocycles. The molecule has 0 bridgehead atoms. The van der Waals surface area contributed by atoms with Crippen LogP contribution in [0.1, 0.15) is 15.9 Å². The number of aromatic nitrogens is 1. The van der Waals surface area contributed by atoms with Gasteiger partial charge < -0.3 is 0 Å². The fourth-order valence-electron chi connectivity index (χ4n) is 1.64. The second-order valence-electron chi connectivity index (χ2n) is 3.73. The van der Waals surface area contributed by atoms with Crippen LogP contribution >= 0.6 is 0 Å². The molecule has 0 atom stereocenters. The number of hydrogen-bond acceptors (Lipinski definition) is 4. The van der Waals surface area contributed by atoms with Crippen LogP contribution in [0.2, 0.25) is 0 Å². The van der Waals surface area contributed by atoms with Crippen LogP contribution in [0.25, 0.3) is 0 Å². The van der Waals surface area contributed by atoms with Gasteiger partial charge in [0.25, 0.3) is 5.69 Å². The maximum absolute atomic E-state index is 11.9. The van der Waals surface area contributed by atoms with E-state index in [1.165, 1.54) is 12.3 Å². The average molecular weight is 242 g/mol. The molecule has 5 heteroatoms. The normalized spacial score (nSPS) is 10.0. The quantitative estimate of drug-likeness (QED) is 0.469. The minimum absolute atomic E-state index is 0.00282. The van der Waals surface area contributed by atoms with Crippen molar-refractivity contribution in [3.05, 3.63) is 70.0 Å². The van der Waals surface area contributed by atoms with E-state index in [0.29, 0.717) is 11.1 Å². The highest BCUT2D eigenvalue weighted by Crippen LogP contribution is 2.19. The topological polar surface area (TPSA) is 73.1 Å². The van der Waals surface area contributed by atoms with Crippen molar-refractivity contribution in [1.82, 2.24) is 4.98 Å². The zero-order valence-electron chi connectivity index (χ0n) is 9.45. The van der Waals surface area contributed by atoms with Crippen LogP contribution in [-0.2, 0) is 6.42 Å². The molecule has 0 amide bonds. The molecule has 0 N–H and O–H groups in total. The Hall–Kier alpha value is -2.56. The van der Waals surface area contributed by atoms with Crippen LogP contribution < -0.4 is 0 Å². The Balaban J connectivity index is 2.25. The maximum atomic E-state index is 11.9. The molecule has 5 nitrogen and oxygen atoms in total. The van der Waals surface area contributed by atoms with Gasteiger partial charge in [-0.3, -0.25) is 19.9 Å². The minimum atomic E-state index is -0.480. The number of nitrogens with zero attached hydrogens (tertiary/aromatic N) is 2. The molecule has 0 unspecified atom stereocenters. The number of rotatable bonds is 4. The number of Topliss-reactive ketones (excluding diaryl/α,β-unsaturated/α-hetero) is 1. The molecule has 0 fully saturated rings. The van der Waals surface area contributed by atoms with Crippen LogP contribution in [0.5, 0.6) is 0 Å². The standard InChI is InChI=1S/C13H10N2O3/c16-13(11-5-3-7-14-9-11)8-10-4-1-2-6-12(10)15(17)18/h1-7,9H,8H2. The molecule has 0 aliphatic heterocycles. The van der Waals surface area contributed by atoms with Crippen molar-refractivity contribution in [2.24, 2.45) is 0 Å². The third-order valence-electron chi connectivity index (χ3n) is 2.52. The SMILES string of the molecule is O=C(Cc1ccccc1[N+](=O)[O-])c1cccnc1. The van der Waals surface area contributed by atoms with E-state index in [9.17, 15) is 14.9 Å². The summed E-state index contributed by atoms with van der Waals surface area (Å²) in [6, 6.07) is 9.55. The molecule has 0 saturated heterocycles. The molecule has 0 aliphatic rings. The largest absolute Gasteiger partial charge is 0.294 e. The summed E-state index contributed by atoms with van der Waals surface area (Å²) in [5.74, 6) is -0.183. The van der Waals surface area contributed by atoms with Gasteiger partial charge in [-0.2, -0.15) is 0 Å². The Morgan fingerprint density at radius 1 is 1.22 bits per heavy atom. The van der Waals surface area contributed by atoms with Gasteiger partial charge in [0.1, 0.15) is 0 Å². The number of nitro groups is 1. The fraction of sp³-hybridized carbons (Fsp3) is 0.0769. The summed E-state index contributed by atoms with van der Waals surface area (Å²) in [6.07, 6.45) is 3.03. The lowest BCUT2D eigenvalue weighted by Crippen LogP contribution is -2.06. The Labute approximate surface area is 103 Å². The molecule has 1 aromatic heterocycles. The van der Waals surface area contributed by atoms with Crippen LogP contribution in [0, 0.1) is 10.1 Å². The summed E-state index contributed by atoms with van der Waals surface area (Å²) < 4.78 is 0. The van der Waals surface area contributed by atoms with Crippen molar-refractivity contribution >= 4 is 11.5 Å². The molecule has 2 rings (SSSR count). The summed E-state index contributed by atoms with van der Waals surface area (Å²) in [7, 11) is 0. The first kappa shape index (κ1) is 11.9. The van der Waals surface area contributed by atoms with E-state index in [1.54, 1.807) is 36.5 Å². The lowest BCUT2D eigenvalue weighted by Gasteiger charge is -2.02. The number of ketones is 1. The Morgan fingerprint density at radius 2 is 2.00 bits per heavy atom. The van der Waals surface area contributed by atoms with Gasteiger partial charge in [0.2, 0.25) is 0 Å². The lowest BCUT2D eigenvalue weighted by molar-refractivity contribution is -0.385. The van der Waals surface area contributed by atoms with Crippen molar-refractivity contribution in [2.45, 2.75) is 6.42 Å². The summed E-state index contributed by atoms with van der Waals surface area (Å²) >= 11 is 0. The molecule has 0 spiro atoms. The smallest absolute Gasteiger partial charge is 0.273 e. The van der Waals surface area contributed by atoms with Crippen molar-refractivity contribution in [3.63, 3.8) is 0 Å². The lowest BCUT2D eigenvalue weighted by atomic mass is 10.0. The van der Waals surface area contributed by atoms with Gasteiger partial charge in [-0.15, -0.1) is 0 Å². The first-order chi connectivity index (χ1) is 8.68. The van der Waals surface area contributed by atoms with Crippen molar-refractivity contribution in [1.29, 1.82) is 0 Å². The van der Waals surface area contributed by atoms with E-state index in [2.05, 4.69) is 4.98 Å². The van der Waals surface area contributed by atoms with Gasteiger partial charge in [0.15, 0.2) is 5.78 Å². The predicted molar refractivity (Wildman–Crippen MR) is 65.4 cm³/mol. The number of carbonyl (C=O) groups is 1. The summed E-state index contributed by atoms with van der Waals surface area (Å²) in [5.41, 5.74) is 0.835. The molecular weight excluding hydrogens is 232 g/mol. The number of para-hydroxylation sites is 1. The highest BCUT2D eigenvalue weighted by Gasteiger charge is 2.16. The third-order valence-corrected chi connectivity index (χ3v) is 2.52. The molecule has 18 heavy (non-hydrogen) atoms. The summed E-state index contributed by atoms with van der Waals surface area (Å²) in [6.45, 7) is 0. The zero-order chi connectivity index (χ0) is 13.0. The molecule has 0 aliphatic carbocycles. The molecule has 1 heterocycles. The summed E-state index contributed by atoms with van der Waals surface area (Å²) in [4.78, 5) is 26.1. The molecule has 1 aromatic carbocycles. The monoisotopic (exact) mass is 242 g/mol. The predicted octanol–water partition coefficient (Wildman–Crippen LogP) is 2.42. The number of hydrogen-bond donors (Lipinski definition) is 0.